The first-order valence-electron chi connectivity index (χ1n) is 5.29. The van der Waals surface area contributed by atoms with Crippen LogP contribution in [0.15, 0.2) is 54.9 Å². The lowest BCUT2D eigenvalue weighted by Crippen LogP contribution is -1.88. The molecule has 1 aromatic carbocycles. The van der Waals surface area contributed by atoms with E-state index in [9.17, 15) is 0 Å². The smallest absolute Gasteiger partial charge is 0.0865 e. The van der Waals surface area contributed by atoms with Crippen LogP contribution >= 0.6 is 0 Å². The van der Waals surface area contributed by atoms with E-state index >= 15 is 0 Å². The summed E-state index contributed by atoms with van der Waals surface area (Å²) in [6, 6.07) is 13.8. The largest absolute Gasteiger partial charge is 0.220 e. The zero-order valence-electron chi connectivity index (χ0n) is 9.04. The third-order valence-corrected chi connectivity index (χ3v) is 2.42. The fraction of sp³-hybridized carbons (Fsp3) is 0. The zero-order valence-corrected chi connectivity index (χ0v) is 9.04. The van der Waals surface area contributed by atoms with Gasteiger partial charge in [-0.2, -0.15) is 0 Å². The van der Waals surface area contributed by atoms with Crippen molar-refractivity contribution in [2.45, 2.75) is 0 Å². The molecule has 80 valence electrons. The Balaban J connectivity index is 1.97. The van der Waals surface area contributed by atoms with Crippen LogP contribution in [-0.2, 0) is 0 Å². The molecular formula is C14H9N3. The van der Waals surface area contributed by atoms with Gasteiger partial charge in [-0.3, -0.25) is 0 Å². The maximum Gasteiger partial charge on any atom is 0.0865 e. The molecule has 0 aliphatic heterocycles. The number of aromatic nitrogens is 3. The number of rotatable bonds is 0. The van der Waals surface area contributed by atoms with E-state index in [0.29, 0.717) is 0 Å². The molecule has 3 heteroatoms. The molecule has 0 aliphatic rings. The highest BCUT2D eigenvalue weighted by Crippen LogP contribution is 2.03. The van der Waals surface area contributed by atoms with Crippen molar-refractivity contribution in [2.24, 2.45) is 0 Å². The second-order valence-electron chi connectivity index (χ2n) is 3.64. The van der Waals surface area contributed by atoms with E-state index < -0.39 is 0 Å². The van der Waals surface area contributed by atoms with Gasteiger partial charge in [-0.25, -0.2) is 4.52 Å². The first kappa shape index (κ1) is 9.61. The summed E-state index contributed by atoms with van der Waals surface area (Å²) in [5, 5.41) is 7.76. The van der Waals surface area contributed by atoms with E-state index in [1.54, 1.807) is 10.7 Å². The molecule has 0 saturated carbocycles. The lowest BCUT2D eigenvalue weighted by atomic mass is 10.2. The quantitative estimate of drug-likeness (QED) is 0.542. The zero-order chi connectivity index (χ0) is 11.5. The molecule has 0 radical (unpaired) electrons. The topological polar surface area (TPSA) is 30.2 Å². The van der Waals surface area contributed by atoms with Gasteiger partial charge in [0.15, 0.2) is 0 Å². The Bertz CT molecular complexity index is 702. The van der Waals surface area contributed by atoms with E-state index in [-0.39, 0.29) is 0 Å². The molecule has 2 aromatic heterocycles. The molecular weight excluding hydrogens is 210 g/mol. The number of fused-ring (bicyclic) bond motifs is 1. The van der Waals surface area contributed by atoms with E-state index in [1.807, 2.05) is 48.7 Å². The molecule has 2 heterocycles. The number of nitrogens with zero attached hydrogens (tertiary/aromatic N) is 3. The number of benzene rings is 1. The molecule has 3 rings (SSSR count). The summed E-state index contributed by atoms with van der Waals surface area (Å²) in [4.78, 5) is 0. The minimum absolute atomic E-state index is 0.923. The van der Waals surface area contributed by atoms with Gasteiger partial charge in [0.05, 0.1) is 11.7 Å². The highest BCUT2D eigenvalue weighted by atomic mass is 15.4. The van der Waals surface area contributed by atoms with Gasteiger partial charge in [-0.05, 0) is 24.3 Å². The fourth-order valence-electron chi connectivity index (χ4n) is 1.56. The molecule has 3 aromatic rings. The van der Waals surface area contributed by atoms with Gasteiger partial charge in [0.1, 0.15) is 0 Å². The van der Waals surface area contributed by atoms with Gasteiger partial charge < -0.3 is 0 Å². The van der Waals surface area contributed by atoms with E-state index in [1.165, 1.54) is 0 Å². The van der Waals surface area contributed by atoms with Crippen LogP contribution in [0.4, 0.5) is 0 Å². The summed E-state index contributed by atoms with van der Waals surface area (Å²) < 4.78 is 1.72. The van der Waals surface area contributed by atoms with Gasteiger partial charge in [0, 0.05) is 17.3 Å². The van der Waals surface area contributed by atoms with Gasteiger partial charge in [0.2, 0.25) is 0 Å². The number of pyridine rings is 1. The fourth-order valence-corrected chi connectivity index (χ4v) is 1.56. The second-order valence-corrected chi connectivity index (χ2v) is 3.64. The Morgan fingerprint density at radius 3 is 2.59 bits per heavy atom. The lowest BCUT2D eigenvalue weighted by molar-refractivity contribution is 0.854. The monoisotopic (exact) mass is 219 g/mol. The van der Waals surface area contributed by atoms with E-state index in [4.69, 9.17) is 0 Å². The Labute approximate surface area is 98.7 Å². The third-order valence-electron chi connectivity index (χ3n) is 2.42. The first-order valence-corrected chi connectivity index (χ1v) is 5.29. The van der Waals surface area contributed by atoms with Crippen molar-refractivity contribution in [1.29, 1.82) is 0 Å². The second kappa shape index (κ2) is 4.11. The molecule has 3 nitrogen and oxygen atoms in total. The maximum absolute atomic E-state index is 3.93. The van der Waals surface area contributed by atoms with E-state index in [0.717, 1.165) is 16.6 Å². The Kier molecular flexibility index (Phi) is 2.32. The SMILES string of the molecule is C(#Cc1ccc2cnnn2c1)c1ccccc1. The summed E-state index contributed by atoms with van der Waals surface area (Å²) in [5.74, 6) is 6.21. The minimum Gasteiger partial charge on any atom is -0.220 e. The molecule has 0 saturated heterocycles. The maximum atomic E-state index is 3.93. The summed E-state index contributed by atoms with van der Waals surface area (Å²) >= 11 is 0. The third kappa shape index (κ3) is 2.01. The first-order chi connectivity index (χ1) is 8.42. The summed E-state index contributed by atoms with van der Waals surface area (Å²) in [5.41, 5.74) is 2.90. The Morgan fingerprint density at radius 1 is 0.882 bits per heavy atom. The van der Waals surface area contributed by atoms with Crippen LogP contribution in [0.2, 0.25) is 0 Å². The van der Waals surface area contributed by atoms with Crippen molar-refractivity contribution in [3.63, 3.8) is 0 Å². The molecule has 0 fully saturated rings. The molecule has 0 spiro atoms. The molecule has 0 bridgehead atoms. The lowest BCUT2D eigenvalue weighted by Gasteiger charge is -1.92. The molecule has 0 amide bonds. The highest BCUT2D eigenvalue weighted by Gasteiger charge is 1.94. The summed E-state index contributed by atoms with van der Waals surface area (Å²) in [6.07, 6.45) is 3.59. The van der Waals surface area contributed by atoms with Crippen molar-refractivity contribution in [3.05, 3.63) is 66.0 Å². The average Bonchev–Trinajstić information content (AvgIpc) is 2.85. The molecule has 0 unspecified atom stereocenters. The van der Waals surface area contributed by atoms with Crippen molar-refractivity contribution >= 4 is 5.52 Å². The predicted octanol–water partition coefficient (Wildman–Crippen LogP) is 2.13. The summed E-state index contributed by atoms with van der Waals surface area (Å²) in [6.45, 7) is 0. The van der Waals surface area contributed by atoms with Crippen molar-refractivity contribution in [2.75, 3.05) is 0 Å². The van der Waals surface area contributed by atoms with Crippen LogP contribution in [0.3, 0.4) is 0 Å². The van der Waals surface area contributed by atoms with Crippen molar-refractivity contribution < 1.29 is 0 Å². The number of hydrogen-bond acceptors (Lipinski definition) is 2. The Morgan fingerprint density at radius 2 is 1.71 bits per heavy atom. The van der Waals surface area contributed by atoms with E-state index in [2.05, 4.69) is 22.2 Å². The van der Waals surface area contributed by atoms with Gasteiger partial charge in [-0.15, -0.1) is 5.10 Å². The van der Waals surface area contributed by atoms with Crippen LogP contribution in [0.1, 0.15) is 11.1 Å². The van der Waals surface area contributed by atoms with Crippen LogP contribution in [0, 0.1) is 11.8 Å². The van der Waals surface area contributed by atoms with Crippen LogP contribution < -0.4 is 0 Å². The van der Waals surface area contributed by atoms with Crippen LogP contribution in [-0.4, -0.2) is 14.8 Å². The molecule has 0 aliphatic carbocycles. The normalized spacial score (nSPS) is 9.88. The highest BCUT2D eigenvalue weighted by molar-refractivity contribution is 5.48. The molecule has 0 N–H and O–H groups in total. The molecule has 0 atom stereocenters. The van der Waals surface area contributed by atoms with Crippen molar-refractivity contribution in [3.8, 4) is 11.8 Å². The summed E-state index contributed by atoms with van der Waals surface area (Å²) in [7, 11) is 0. The van der Waals surface area contributed by atoms with Gasteiger partial charge in [-0.1, -0.05) is 35.3 Å². The predicted molar refractivity (Wildman–Crippen MR) is 65.4 cm³/mol. The minimum atomic E-state index is 0.923. The van der Waals surface area contributed by atoms with Gasteiger partial charge in [0.25, 0.3) is 0 Å². The van der Waals surface area contributed by atoms with Crippen LogP contribution in [0.5, 0.6) is 0 Å². The van der Waals surface area contributed by atoms with Crippen LogP contribution in [0.25, 0.3) is 5.52 Å². The van der Waals surface area contributed by atoms with Crippen molar-refractivity contribution in [1.82, 2.24) is 14.8 Å². The number of hydrogen-bond donors (Lipinski definition) is 0. The Hall–Kier alpha value is -2.60. The molecule has 17 heavy (non-hydrogen) atoms. The standard InChI is InChI=1S/C14H9N3/c1-2-4-12(5-3-1)6-7-13-8-9-14-10-15-16-17(14)11-13/h1-5,8-11H. The van der Waals surface area contributed by atoms with Gasteiger partial charge >= 0.3 is 0 Å². The average molecular weight is 219 g/mol.